The van der Waals surface area contributed by atoms with Crippen molar-refractivity contribution in [1.29, 1.82) is 0 Å². The summed E-state index contributed by atoms with van der Waals surface area (Å²) in [6, 6.07) is 2.54. The van der Waals surface area contributed by atoms with Gasteiger partial charge in [-0.3, -0.25) is 0 Å². The predicted octanol–water partition coefficient (Wildman–Crippen LogP) is 9.74. The minimum Gasteiger partial charge on any atom is -0.501 e. The van der Waals surface area contributed by atoms with Gasteiger partial charge in [-0.05, 0) is 76.2 Å². The molecule has 2 rings (SSSR count). The highest BCUT2D eigenvalue weighted by molar-refractivity contribution is 5.95. The van der Waals surface area contributed by atoms with Crippen molar-refractivity contribution in [3.63, 3.8) is 0 Å². The molecule has 0 saturated carbocycles. The highest BCUT2D eigenvalue weighted by Crippen LogP contribution is 2.36. The summed E-state index contributed by atoms with van der Waals surface area (Å²) in [5.74, 6) is 1.39. The third-order valence-corrected chi connectivity index (χ3v) is 7.06. The third-order valence-electron chi connectivity index (χ3n) is 7.06. The second-order valence-electron chi connectivity index (χ2n) is 10.3. The van der Waals surface area contributed by atoms with Gasteiger partial charge in [0.05, 0.1) is 29.5 Å². The summed E-state index contributed by atoms with van der Waals surface area (Å²) in [6.07, 6.45) is 19.5. The van der Waals surface area contributed by atoms with Gasteiger partial charge in [-0.25, -0.2) is 4.98 Å². The van der Waals surface area contributed by atoms with E-state index in [0.717, 1.165) is 60.5 Å². The molecule has 0 aliphatic rings. The molecular weight excluding hydrogens is 466 g/mol. The van der Waals surface area contributed by atoms with E-state index in [4.69, 9.17) is 9.72 Å². The molecule has 4 nitrogen and oxygen atoms in total. The maximum absolute atomic E-state index is 5.71. The predicted molar refractivity (Wildman–Crippen MR) is 168 cm³/mol. The summed E-state index contributed by atoms with van der Waals surface area (Å²) in [6.45, 7) is 20.6. The molecule has 2 heterocycles. The van der Waals surface area contributed by atoms with Crippen LogP contribution in [0, 0.1) is 12.8 Å². The molecule has 4 heteroatoms. The number of anilines is 1. The van der Waals surface area contributed by atoms with Crippen LogP contribution in [0.25, 0.3) is 16.6 Å². The lowest BCUT2D eigenvalue weighted by molar-refractivity contribution is 0.296. The summed E-state index contributed by atoms with van der Waals surface area (Å²) in [7, 11) is 1.73. The maximum Gasteiger partial charge on any atom is 0.102 e. The van der Waals surface area contributed by atoms with Gasteiger partial charge in [-0.15, -0.1) is 0 Å². The van der Waals surface area contributed by atoms with E-state index in [1.54, 1.807) is 7.11 Å². The third kappa shape index (κ3) is 7.75. The van der Waals surface area contributed by atoms with Crippen LogP contribution in [0.2, 0.25) is 0 Å². The van der Waals surface area contributed by atoms with Crippen molar-refractivity contribution in [2.75, 3.05) is 19.0 Å². The van der Waals surface area contributed by atoms with Crippen LogP contribution in [0.15, 0.2) is 59.9 Å². The molecule has 38 heavy (non-hydrogen) atoms. The number of allylic oxidation sites excluding steroid dienone is 8. The Kier molecular flexibility index (Phi) is 12.7. The first kappa shape index (κ1) is 31.2. The lowest BCUT2D eigenvalue weighted by atomic mass is 10.0. The largest absolute Gasteiger partial charge is 0.501 e. The first-order chi connectivity index (χ1) is 18.2. The number of hydrogen-bond acceptors (Lipinski definition) is 3. The summed E-state index contributed by atoms with van der Waals surface area (Å²) in [4.78, 5) is 5.25. The van der Waals surface area contributed by atoms with Crippen molar-refractivity contribution < 1.29 is 4.74 Å². The average Bonchev–Trinajstić information content (AvgIpc) is 3.21. The van der Waals surface area contributed by atoms with E-state index in [1.165, 1.54) is 22.3 Å². The van der Waals surface area contributed by atoms with E-state index in [9.17, 15) is 0 Å². The molecule has 0 amide bonds. The van der Waals surface area contributed by atoms with Gasteiger partial charge in [0, 0.05) is 23.9 Å². The number of nitrogens with zero attached hydrogens (tertiary/aromatic N) is 2. The molecular formula is C34H51N3O. The van der Waals surface area contributed by atoms with Crippen LogP contribution < -0.4 is 5.32 Å². The summed E-state index contributed by atoms with van der Waals surface area (Å²) < 4.78 is 8.18. The second-order valence-corrected chi connectivity index (χ2v) is 10.3. The minimum absolute atomic E-state index is 0.333. The van der Waals surface area contributed by atoms with Crippen LogP contribution in [-0.2, 0) is 11.2 Å². The number of hydrogen-bond donors (Lipinski definition) is 1. The molecule has 0 aromatic carbocycles. The summed E-state index contributed by atoms with van der Waals surface area (Å²) in [5.41, 5.74) is 9.19. The molecule has 2 aromatic rings. The zero-order chi connectivity index (χ0) is 28.2. The molecule has 1 unspecified atom stereocenters. The van der Waals surface area contributed by atoms with Crippen LogP contribution in [0.1, 0.15) is 97.6 Å². The molecule has 1 N–H and O–H groups in total. The Morgan fingerprint density at radius 3 is 2.34 bits per heavy atom. The van der Waals surface area contributed by atoms with Crippen LogP contribution in [0.4, 0.5) is 5.69 Å². The fraction of sp³-hybridized carbons (Fsp3) is 0.500. The van der Waals surface area contributed by atoms with Crippen molar-refractivity contribution >= 4 is 22.3 Å². The number of fused-ring (bicyclic) bond motifs is 1. The van der Waals surface area contributed by atoms with E-state index < -0.39 is 0 Å². The van der Waals surface area contributed by atoms with Crippen molar-refractivity contribution in [1.82, 2.24) is 9.55 Å². The molecule has 208 valence electrons. The smallest absolute Gasteiger partial charge is 0.102 e. The normalized spacial score (nSPS) is 14.4. The Balaban J connectivity index is 2.80. The monoisotopic (exact) mass is 517 g/mol. The minimum atomic E-state index is 0.333. The zero-order valence-corrected chi connectivity index (χ0v) is 25.6. The number of rotatable bonds is 14. The van der Waals surface area contributed by atoms with Crippen molar-refractivity contribution in [3.8, 4) is 0 Å². The van der Waals surface area contributed by atoms with Gasteiger partial charge in [0.25, 0.3) is 0 Å². The standard InChI is InChI=1S/C34H51N3O/c1-11-15-17-18-20-29(27(9)38-10)30-22-31(35-23-28(19-16-12-2)21-25(7)13-3)34-33(36-30)26(8)32(14-4)37(34)24(5)6/h15-22,24-25H,11-14,23H2,1-10H3,(H,35,36)/b17-15+,19-16-,20-18-,28-21+,29-27-. The van der Waals surface area contributed by atoms with Crippen LogP contribution >= 0.6 is 0 Å². The van der Waals surface area contributed by atoms with E-state index >= 15 is 0 Å². The fourth-order valence-corrected chi connectivity index (χ4v) is 4.76. The second kappa shape index (κ2) is 15.4. The van der Waals surface area contributed by atoms with Crippen molar-refractivity contribution in [2.45, 2.75) is 94.0 Å². The number of aromatic nitrogens is 2. The quantitative estimate of drug-likeness (QED) is 0.200. The number of ether oxygens (including phenoxy) is 1. The van der Waals surface area contributed by atoms with Gasteiger partial charge in [0.1, 0.15) is 5.76 Å². The van der Waals surface area contributed by atoms with E-state index in [-0.39, 0.29) is 0 Å². The highest BCUT2D eigenvalue weighted by Gasteiger charge is 2.21. The van der Waals surface area contributed by atoms with Crippen molar-refractivity contribution in [3.05, 3.63) is 76.9 Å². The lowest BCUT2D eigenvalue weighted by Gasteiger charge is -2.18. The molecule has 0 saturated heterocycles. The fourth-order valence-electron chi connectivity index (χ4n) is 4.76. The van der Waals surface area contributed by atoms with E-state index in [0.29, 0.717) is 12.0 Å². The maximum atomic E-state index is 5.71. The van der Waals surface area contributed by atoms with Gasteiger partial charge < -0.3 is 14.6 Å². The molecule has 0 aliphatic carbocycles. The highest BCUT2D eigenvalue weighted by atomic mass is 16.5. The average molecular weight is 518 g/mol. The number of nitrogens with one attached hydrogen (secondary N) is 1. The van der Waals surface area contributed by atoms with Gasteiger partial charge in [-0.2, -0.15) is 0 Å². The van der Waals surface area contributed by atoms with E-state index in [2.05, 4.69) is 114 Å². The zero-order valence-electron chi connectivity index (χ0n) is 25.6. The van der Waals surface area contributed by atoms with Gasteiger partial charge >= 0.3 is 0 Å². The van der Waals surface area contributed by atoms with Crippen LogP contribution in [0.3, 0.4) is 0 Å². The number of methoxy groups -OCH3 is 1. The van der Waals surface area contributed by atoms with Crippen LogP contribution in [0.5, 0.6) is 0 Å². The Morgan fingerprint density at radius 2 is 1.76 bits per heavy atom. The Morgan fingerprint density at radius 1 is 1.05 bits per heavy atom. The molecule has 0 spiro atoms. The topological polar surface area (TPSA) is 39.1 Å². The SMILES string of the molecule is CC/C=C\C(=C/C(C)CC)CNc1cc(C(/C=C\C=C\CC)=C(/C)OC)nc2c(C)c(CC)n(C(C)C)c12. The molecule has 0 aliphatic heterocycles. The van der Waals surface area contributed by atoms with Crippen molar-refractivity contribution in [2.24, 2.45) is 5.92 Å². The molecule has 0 radical (unpaired) electrons. The first-order valence-electron chi connectivity index (χ1n) is 14.5. The number of pyridine rings is 1. The summed E-state index contributed by atoms with van der Waals surface area (Å²) >= 11 is 0. The summed E-state index contributed by atoms with van der Waals surface area (Å²) in [5, 5.41) is 3.83. The first-order valence-corrected chi connectivity index (χ1v) is 14.5. The van der Waals surface area contributed by atoms with Gasteiger partial charge in [0.2, 0.25) is 0 Å². The van der Waals surface area contributed by atoms with E-state index in [1.807, 2.05) is 6.92 Å². The Hall–Kier alpha value is -3.01. The molecule has 0 bridgehead atoms. The molecule has 2 aromatic heterocycles. The molecule has 0 fully saturated rings. The molecule has 1 atom stereocenters. The van der Waals surface area contributed by atoms with Gasteiger partial charge in [0.15, 0.2) is 0 Å². The Labute approximate surface area is 232 Å². The lowest BCUT2D eigenvalue weighted by Crippen LogP contribution is -2.10. The Bertz CT molecular complexity index is 1200. The van der Waals surface area contributed by atoms with Gasteiger partial charge in [-0.1, -0.05) is 77.5 Å². The van der Waals surface area contributed by atoms with Crippen LogP contribution in [-0.4, -0.2) is 23.2 Å². The number of aryl methyl sites for hydroxylation is 1.